The van der Waals surface area contributed by atoms with E-state index in [4.69, 9.17) is 0 Å². The predicted molar refractivity (Wildman–Crippen MR) is 46.9 cm³/mol. The fourth-order valence-corrected chi connectivity index (χ4v) is 1.24. The van der Waals surface area contributed by atoms with Gasteiger partial charge in [-0.1, -0.05) is 12.2 Å². The van der Waals surface area contributed by atoms with E-state index in [2.05, 4.69) is 4.99 Å². The predicted octanol–water partition coefficient (Wildman–Crippen LogP) is 1.32. The summed E-state index contributed by atoms with van der Waals surface area (Å²) in [5, 5.41) is 9.29. The third-order valence-corrected chi connectivity index (χ3v) is 1.83. The van der Waals surface area contributed by atoms with Gasteiger partial charge in [0, 0.05) is 12.6 Å². The summed E-state index contributed by atoms with van der Waals surface area (Å²) >= 11 is 0. The summed E-state index contributed by atoms with van der Waals surface area (Å²) in [6, 6.07) is 0. The molecule has 0 saturated heterocycles. The van der Waals surface area contributed by atoms with Crippen LogP contribution in [0.2, 0.25) is 0 Å². The summed E-state index contributed by atoms with van der Waals surface area (Å²) in [5.74, 6) is 0. The van der Waals surface area contributed by atoms with Crippen molar-refractivity contribution in [3.05, 3.63) is 23.3 Å². The largest absolute Gasteiger partial charge is 0.389 e. The number of allylic oxidation sites excluding steroid dienone is 3. The summed E-state index contributed by atoms with van der Waals surface area (Å²) in [6.45, 7) is 3.75. The zero-order chi connectivity index (χ0) is 8.43. The van der Waals surface area contributed by atoms with Crippen LogP contribution in [0.15, 0.2) is 28.3 Å². The molecule has 0 bridgehead atoms. The lowest BCUT2D eigenvalue weighted by molar-refractivity contribution is 0.238. The third-order valence-electron chi connectivity index (χ3n) is 1.83. The van der Waals surface area contributed by atoms with Gasteiger partial charge in [0.1, 0.15) is 0 Å². The molecule has 2 nitrogen and oxygen atoms in total. The molecule has 0 amide bonds. The molecule has 0 radical (unpaired) electrons. The van der Waals surface area contributed by atoms with Gasteiger partial charge in [-0.3, -0.25) is 4.99 Å². The molecule has 0 aromatic carbocycles. The Balaban J connectivity index is 2.92. The van der Waals surface area contributed by atoms with E-state index in [1.807, 2.05) is 19.1 Å². The maximum absolute atomic E-state index is 9.29. The first kappa shape index (κ1) is 8.21. The van der Waals surface area contributed by atoms with Crippen LogP contribution < -0.4 is 0 Å². The zero-order valence-corrected chi connectivity index (χ0v) is 7.13. The SMILES string of the molecule is C/N=C1/C(C)=CC=C1[C@@H](C)O. The molecule has 0 spiro atoms. The molecule has 0 fully saturated rings. The highest BCUT2D eigenvalue weighted by Gasteiger charge is 2.16. The van der Waals surface area contributed by atoms with Crippen LogP contribution in [-0.4, -0.2) is 24.0 Å². The van der Waals surface area contributed by atoms with Crippen LogP contribution in [0.4, 0.5) is 0 Å². The number of aliphatic imine (C=N–C) groups is 1. The van der Waals surface area contributed by atoms with Gasteiger partial charge in [0.05, 0.1) is 11.8 Å². The molecule has 1 atom stereocenters. The quantitative estimate of drug-likeness (QED) is 0.602. The van der Waals surface area contributed by atoms with E-state index in [0.717, 1.165) is 16.9 Å². The van der Waals surface area contributed by atoms with Crippen molar-refractivity contribution in [3.63, 3.8) is 0 Å². The normalized spacial score (nSPS) is 23.5. The van der Waals surface area contributed by atoms with Crippen LogP contribution in [-0.2, 0) is 0 Å². The zero-order valence-electron chi connectivity index (χ0n) is 7.13. The van der Waals surface area contributed by atoms with Crippen molar-refractivity contribution in [3.8, 4) is 0 Å². The Labute approximate surface area is 67.0 Å². The van der Waals surface area contributed by atoms with Gasteiger partial charge >= 0.3 is 0 Å². The molecule has 11 heavy (non-hydrogen) atoms. The van der Waals surface area contributed by atoms with Crippen LogP contribution in [0.5, 0.6) is 0 Å². The summed E-state index contributed by atoms with van der Waals surface area (Å²) in [6.07, 6.45) is 3.48. The summed E-state index contributed by atoms with van der Waals surface area (Å²) in [5.41, 5.74) is 2.98. The van der Waals surface area contributed by atoms with Crippen molar-refractivity contribution < 1.29 is 5.11 Å². The van der Waals surface area contributed by atoms with Gasteiger partial charge in [0.25, 0.3) is 0 Å². The number of aliphatic hydroxyl groups excluding tert-OH is 1. The standard InChI is InChI=1S/C9H13NO/c1-6-4-5-8(7(2)11)9(6)10-3/h4-5,7,11H,1-3H3/b10-9-/t7-/m1/s1. The Morgan fingerprint density at radius 1 is 1.45 bits per heavy atom. The molecule has 0 unspecified atom stereocenters. The fraction of sp³-hybridized carbons (Fsp3) is 0.444. The van der Waals surface area contributed by atoms with Gasteiger partial charge in [-0.25, -0.2) is 0 Å². The summed E-state index contributed by atoms with van der Waals surface area (Å²) < 4.78 is 0. The van der Waals surface area contributed by atoms with Gasteiger partial charge in [0.2, 0.25) is 0 Å². The number of hydrogen-bond donors (Lipinski definition) is 1. The maximum Gasteiger partial charge on any atom is 0.0782 e. The first-order valence-corrected chi connectivity index (χ1v) is 3.71. The topological polar surface area (TPSA) is 32.6 Å². The average molecular weight is 151 g/mol. The second-order valence-corrected chi connectivity index (χ2v) is 2.72. The number of aliphatic hydroxyl groups is 1. The molecular weight excluding hydrogens is 138 g/mol. The van der Waals surface area contributed by atoms with E-state index in [9.17, 15) is 5.11 Å². The van der Waals surface area contributed by atoms with E-state index < -0.39 is 6.10 Å². The molecule has 1 aliphatic rings. The van der Waals surface area contributed by atoms with Gasteiger partial charge in [-0.05, 0) is 19.4 Å². The van der Waals surface area contributed by atoms with E-state index >= 15 is 0 Å². The molecule has 2 heteroatoms. The van der Waals surface area contributed by atoms with E-state index in [1.54, 1.807) is 14.0 Å². The van der Waals surface area contributed by atoms with Gasteiger partial charge in [-0.15, -0.1) is 0 Å². The highest BCUT2D eigenvalue weighted by Crippen LogP contribution is 2.18. The minimum atomic E-state index is -0.414. The molecule has 1 N–H and O–H groups in total. The van der Waals surface area contributed by atoms with E-state index in [0.29, 0.717) is 0 Å². The Hall–Kier alpha value is -0.890. The smallest absolute Gasteiger partial charge is 0.0782 e. The van der Waals surface area contributed by atoms with E-state index in [-0.39, 0.29) is 0 Å². The van der Waals surface area contributed by atoms with Crippen LogP contribution in [0, 0.1) is 0 Å². The van der Waals surface area contributed by atoms with Gasteiger partial charge in [0.15, 0.2) is 0 Å². The Morgan fingerprint density at radius 2 is 2.09 bits per heavy atom. The van der Waals surface area contributed by atoms with Crippen molar-refractivity contribution in [2.45, 2.75) is 20.0 Å². The van der Waals surface area contributed by atoms with Crippen molar-refractivity contribution in [2.75, 3.05) is 7.05 Å². The van der Waals surface area contributed by atoms with Crippen molar-refractivity contribution in [2.24, 2.45) is 4.99 Å². The first-order chi connectivity index (χ1) is 5.16. The van der Waals surface area contributed by atoms with Crippen LogP contribution >= 0.6 is 0 Å². The van der Waals surface area contributed by atoms with Gasteiger partial charge in [-0.2, -0.15) is 0 Å². The monoisotopic (exact) mass is 151 g/mol. The van der Waals surface area contributed by atoms with Crippen LogP contribution in [0.25, 0.3) is 0 Å². The van der Waals surface area contributed by atoms with E-state index in [1.165, 1.54) is 0 Å². The lowest BCUT2D eigenvalue weighted by Crippen LogP contribution is -2.12. The molecule has 0 heterocycles. The molecule has 60 valence electrons. The number of hydrogen-bond acceptors (Lipinski definition) is 2. The molecule has 0 aliphatic heterocycles. The highest BCUT2D eigenvalue weighted by molar-refractivity contribution is 6.15. The molecular formula is C9H13NO. The lowest BCUT2D eigenvalue weighted by Gasteiger charge is -2.07. The van der Waals surface area contributed by atoms with Crippen molar-refractivity contribution in [1.82, 2.24) is 0 Å². The first-order valence-electron chi connectivity index (χ1n) is 3.71. The summed E-state index contributed by atoms with van der Waals surface area (Å²) in [7, 11) is 1.74. The Bertz CT molecular complexity index is 246. The summed E-state index contributed by atoms with van der Waals surface area (Å²) in [4.78, 5) is 4.09. The fourth-order valence-electron chi connectivity index (χ4n) is 1.24. The molecule has 0 aromatic heterocycles. The Morgan fingerprint density at radius 3 is 2.45 bits per heavy atom. The second-order valence-electron chi connectivity index (χ2n) is 2.72. The number of nitrogens with zero attached hydrogens (tertiary/aromatic N) is 1. The van der Waals surface area contributed by atoms with Crippen LogP contribution in [0.1, 0.15) is 13.8 Å². The lowest BCUT2D eigenvalue weighted by atomic mass is 10.1. The average Bonchev–Trinajstić information content (AvgIpc) is 2.30. The molecule has 0 aromatic rings. The van der Waals surface area contributed by atoms with Crippen LogP contribution in [0.3, 0.4) is 0 Å². The van der Waals surface area contributed by atoms with Crippen molar-refractivity contribution >= 4 is 5.71 Å². The highest BCUT2D eigenvalue weighted by atomic mass is 16.3. The minimum Gasteiger partial charge on any atom is -0.389 e. The maximum atomic E-state index is 9.29. The Kier molecular flexibility index (Phi) is 2.25. The third kappa shape index (κ3) is 1.40. The second kappa shape index (κ2) is 3.01. The molecule has 1 rings (SSSR count). The van der Waals surface area contributed by atoms with Crippen molar-refractivity contribution in [1.29, 1.82) is 0 Å². The van der Waals surface area contributed by atoms with Gasteiger partial charge < -0.3 is 5.11 Å². The molecule has 0 saturated carbocycles. The minimum absolute atomic E-state index is 0.414. The molecule has 1 aliphatic carbocycles. The number of rotatable bonds is 1.